The van der Waals surface area contributed by atoms with E-state index in [4.69, 9.17) is 23.1 Å². The van der Waals surface area contributed by atoms with Crippen LogP contribution in [0.2, 0.25) is 0 Å². The Kier molecular flexibility index (Phi) is 19.1. The summed E-state index contributed by atoms with van der Waals surface area (Å²) in [6, 6.07) is -2.28. The van der Waals surface area contributed by atoms with Gasteiger partial charge in [0.15, 0.2) is 12.5 Å². The van der Waals surface area contributed by atoms with Crippen molar-refractivity contribution >= 4 is 22.3 Å². The molecule has 4 aliphatic heterocycles. The number of aliphatic carboxylic acids is 1. The summed E-state index contributed by atoms with van der Waals surface area (Å²) in [4.78, 5) is 54.7. The van der Waals surface area contributed by atoms with Gasteiger partial charge in [0.1, 0.15) is 61.0 Å². The number of carboxylic acids is 1. The van der Waals surface area contributed by atoms with Gasteiger partial charge < -0.3 is 54.9 Å². The Morgan fingerprint density at radius 3 is 2.24 bits per heavy atom. The first-order valence-electron chi connectivity index (χ1n) is 23.0. The number of fused-ring (bicyclic) bond motifs is 4. The average molecular weight is 975 g/mol. The standard InChI is InChI=1S/C44H70N4O18S/c1-8-9-21(2)14-23(4)16-25(6)17-24(5)15-22(3)10-11-28(49)26(7)42(57)64-36-27-19-47(20-29(36)50)32(41(55)56)37(65-43-34(53)33(52)30(62-43)18-45-27)39-38(66-67(59,60)61)35(54)40(63-39)48-13-12-31(51)46-44(48)58/h10-13,15,21,23-30,32-40,43,45,49-50,52-54H,8-9,14,16-20H2,1-7H3,(H,55,56)(H,46,51,58)(H,59,60,61)/b11-10+,22-15+/t21?,23?,24?,25?,26?,27?,28?,29?,30-,32?,33-,34-,35-,36?,37+,38+,39?,40-,43+/m1/s1. The zero-order chi connectivity index (χ0) is 49.7. The van der Waals surface area contributed by atoms with E-state index in [9.17, 15) is 62.8 Å². The second kappa shape index (κ2) is 23.5. The first kappa shape index (κ1) is 54.5. The van der Waals surface area contributed by atoms with E-state index >= 15 is 0 Å². The monoisotopic (exact) mass is 974 g/mol. The molecule has 12 unspecified atom stereocenters. The summed E-state index contributed by atoms with van der Waals surface area (Å²) in [5.74, 6) is -1.60. The molecule has 4 saturated heterocycles. The molecule has 5 rings (SSSR count). The van der Waals surface area contributed by atoms with Gasteiger partial charge >= 0.3 is 28.0 Å². The maximum atomic E-state index is 13.7. The van der Waals surface area contributed by atoms with Crippen LogP contribution in [0, 0.1) is 29.6 Å². The van der Waals surface area contributed by atoms with Crippen LogP contribution in [0.25, 0.3) is 0 Å². The van der Waals surface area contributed by atoms with Gasteiger partial charge in [-0.3, -0.25) is 33.4 Å². The Morgan fingerprint density at radius 2 is 1.60 bits per heavy atom. The zero-order valence-corrected chi connectivity index (χ0v) is 39.8. The van der Waals surface area contributed by atoms with Gasteiger partial charge in [-0.1, -0.05) is 71.3 Å². The maximum Gasteiger partial charge on any atom is 0.397 e. The normalized spacial score (nSPS) is 35.6. The van der Waals surface area contributed by atoms with Gasteiger partial charge in [0.25, 0.3) is 5.56 Å². The number of carboxylic acid groups (broad SMARTS) is 1. The van der Waals surface area contributed by atoms with Gasteiger partial charge in [-0.25, -0.2) is 8.98 Å². The molecule has 20 atom stereocenters. The Bertz CT molecular complexity index is 2120. The zero-order valence-electron chi connectivity index (χ0n) is 38.9. The maximum absolute atomic E-state index is 13.7. The fourth-order valence-corrected chi connectivity index (χ4v) is 10.6. The Hall–Kier alpha value is -3.43. The first-order valence-corrected chi connectivity index (χ1v) is 24.4. The van der Waals surface area contributed by atoms with E-state index in [1.165, 1.54) is 32.3 Å². The molecule has 0 spiro atoms. The van der Waals surface area contributed by atoms with Crippen molar-refractivity contribution in [2.24, 2.45) is 29.6 Å². The highest BCUT2D eigenvalue weighted by Gasteiger charge is 2.59. The van der Waals surface area contributed by atoms with Crippen molar-refractivity contribution in [3.05, 3.63) is 56.9 Å². The predicted octanol–water partition coefficient (Wildman–Crippen LogP) is -0.158. The number of nitrogens with zero attached hydrogens (tertiary/aromatic N) is 2. The molecule has 4 bridgehead atoms. The van der Waals surface area contributed by atoms with Crippen LogP contribution in [-0.2, 0) is 43.1 Å². The molecule has 4 fully saturated rings. The van der Waals surface area contributed by atoms with Crippen LogP contribution in [0.1, 0.15) is 86.8 Å². The van der Waals surface area contributed by atoms with E-state index in [1.807, 2.05) is 11.9 Å². The number of rotatable bonds is 19. The van der Waals surface area contributed by atoms with Crippen LogP contribution in [0.3, 0.4) is 0 Å². The number of aliphatic hydroxyl groups is 5. The third kappa shape index (κ3) is 14.1. The molecule has 67 heavy (non-hydrogen) atoms. The molecule has 0 aliphatic carbocycles. The summed E-state index contributed by atoms with van der Waals surface area (Å²) in [6.07, 6.45) is -9.47. The number of hydrogen-bond acceptors (Lipinski definition) is 18. The number of H-pyrrole nitrogens is 1. The molecule has 0 saturated carbocycles. The number of aliphatic hydroxyl groups excluding tert-OH is 5. The highest BCUT2D eigenvalue weighted by atomic mass is 32.3. The molecular formula is C44H70N4O18S. The van der Waals surface area contributed by atoms with E-state index in [-0.39, 0.29) is 19.0 Å². The largest absolute Gasteiger partial charge is 0.480 e. The number of carbonyl (C=O) groups excluding carboxylic acids is 1. The summed E-state index contributed by atoms with van der Waals surface area (Å²) in [7, 11) is -5.47. The Morgan fingerprint density at radius 1 is 0.925 bits per heavy atom. The second-order valence-corrected chi connectivity index (χ2v) is 20.2. The molecular weight excluding hydrogens is 905 g/mol. The van der Waals surface area contributed by atoms with Crippen LogP contribution >= 0.6 is 0 Å². The summed E-state index contributed by atoms with van der Waals surface area (Å²) in [5, 5.41) is 69.9. The fraction of sp³-hybridized carbons (Fsp3) is 0.773. The minimum absolute atomic E-state index is 0.266. The van der Waals surface area contributed by atoms with E-state index < -0.39 is 132 Å². The second-order valence-electron chi connectivity index (χ2n) is 19.2. The number of piperidine rings is 1. The lowest BCUT2D eigenvalue weighted by molar-refractivity contribution is -0.236. The molecule has 4 aliphatic rings. The van der Waals surface area contributed by atoms with Crippen LogP contribution in [-0.4, -0.2) is 169 Å². The van der Waals surface area contributed by atoms with Crippen molar-refractivity contribution in [3.8, 4) is 0 Å². The number of allylic oxidation sites excluding steroid dienone is 3. The minimum Gasteiger partial charge on any atom is -0.480 e. The fourth-order valence-electron chi connectivity index (χ4n) is 10.1. The first-order chi connectivity index (χ1) is 31.4. The lowest BCUT2D eigenvalue weighted by Gasteiger charge is -2.46. The lowest BCUT2D eigenvalue weighted by Crippen LogP contribution is -2.68. The van der Waals surface area contributed by atoms with Gasteiger partial charge in [0.2, 0.25) is 0 Å². The smallest absolute Gasteiger partial charge is 0.397 e. The highest BCUT2D eigenvalue weighted by Crippen LogP contribution is 2.39. The van der Waals surface area contributed by atoms with Crippen molar-refractivity contribution < 1.29 is 76.3 Å². The molecule has 0 radical (unpaired) electrons. The van der Waals surface area contributed by atoms with Crippen LogP contribution in [0.15, 0.2) is 45.7 Å². The number of aromatic nitrogens is 2. The number of nitrogens with one attached hydrogen (secondary N) is 2. The average Bonchev–Trinajstić information content (AvgIpc) is 3.66. The molecule has 380 valence electrons. The molecule has 1 aromatic rings. The van der Waals surface area contributed by atoms with Crippen molar-refractivity contribution in [3.63, 3.8) is 0 Å². The van der Waals surface area contributed by atoms with Gasteiger partial charge in [0, 0.05) is 31.9 Å². The van der Waals surface area contributed by atoms with Gasteiger partial charge in [-0.2, -0.15) is 8.42 Å². The lowest BCUT2D eigenvalue weighted by atomic mass is 9.84. The van der Waals surface area contributed by atoms with Gasteiger partial charge in [0.05, 0.1) is 18.1 Å². The van der Waals surface area contributed by atoms with E-state index in [0.29, 0.717) is 22.3 Å². The van der Waals surface area contributed by atoms with Crippen molar-refractivity contribution in [2.75, 3.05) is 19.6 Å². The van der Waals surface area contributed by atoms with Crippen molar-refractivity contribution in [1.82, 2.24) is 19.8 Å². The summed E-state index contributed by atoms with van der Waals surface area (Å²) in [6.45, 7) is 13.4. The summed E-state index contributed by atoms with van der Waals surface area (Å²) < 4.78 is 63.0. The third-order valence-corrected chi connectivity index (χ3v) is 13.6. The highest BCUT2D eigenvalue weighted by molar-refractivity contribution is 7.80. The Balaban J connectivity index is 1.35. The van der Waals surface area contributed by atoms with Gasteiger partial charge in [-0.15, -0.1) is 0 Å². The van der Waals surface area contributed by atoms with Crippen LogP contribution in [0.4, 0.5) is 0 Å². The molecule has 0 aromatic carbocycles. The topological polar surface area (TPSA) is 326 Å². The van der Waals surface area contributed by atoms with Crippen molar-refractivity contribution in [1.29, 1.82) is 0 Å². The number of ether oxygens (including phenoxy) is 4. The molecule has 22 nitrogen and oxygen atoms in total. The summed E-state index contributed by atoms with van der Waals surface area (Å²) in [5.41, 5.74) is -1.09. The van der Waals surface area contributed by atoms with E-state index in [1.54, 1.807) is 6.08 Å². The molecule has 9 N–H and O–H groups in total. The van der Waals surface area contributed by atoms with E-state index in [2.05, 4.69) is 46.0 Å². The third-order valence-electron chi connectivity index (χ3n) is 13.1. The quantitative estimate of drug-likeness (QED) is 0.0494. The predicted molar refractivity (Wildman–Crippen MR) is 237 cm³/mol. The molecule has 5 heterocycles. The van der Waals surface area contributed by atoms with Crippen LogP contribution in [0.5, 0.6) is 0 Å². The molecule has 1 aromatic heterocycles. The van der Waals surface area contributed by atoms with E-state index in [0.717, 1.165) is 35.6 Å². The number of carbonyl (C=O) groups is 2. The van der Waals surface area contributed by atoms with Crippen LogP contribution < -0.4 is 16.6 Å². The minimum atomic E-state index is -5.47. The summed E-state index contributed by atoms with van der Waals surface area (Å²) >= 11 is 0. The number of esters is 1. The number of aromatic amines is 1. The number of hydrogen-bond donors (Lipinski definition) is 9. The van der Waals surface area contributed by atoms with Gasteiger partial charge in [-0.05, 0) is 56.8 Å². The van der Waals surface area contributed by atoms with Crippen molar-refractivity contribution in [2.45, 2.75) is 166 Å². The SMILES string of the molecule is CCCC(C)CC(C)CC(C)CC(C)/C=C(C)/C=C/C(O)C(C)C(=O)OC1C(O)CN2CC1NC[C@H]1O[C@@H](O[C@H](C3O[C@@H](n4ccc(=O)[nH]c4=O)[C@H](O)[C@@H]3OS(=O)(=O)O)C2C(=O)O)[C@H](O)[C@@H]1O. The molecule has 23 heteroatoms. The molecule has 0 amide bonds. The Labute approximate surface area is 389 Å².